The predicted octanol–water partition coefficient (Wildman–Crippen LogP) is 4.21. The fourth-order valence-electron chi connectivity index (χ4n) is 4.24. The van der Waals surface area contributed by atoms with Crippen molar-refractivity contribution < 1.29 is 9.53 Å². The molecule has 1 aromatic carbocycles. The van der Waals surface area contributed by atoms with E-state index in [1.54, 1.807) is 0 Å². The van der Waals surface area contributed by atoms with Crippen molar-refractivity contribution in [3.05, 3.63) is 35.9 Å². The Balaban J connectivity index is 1.56. The number of rotatable bonds is 8. The van der Waals surface area contributed by atoms with E-state index in [0.29, 0.717) is 17.9 Å². The normalized spacial score (nSPS) is 27.1. The van der Waals surface area contributed by atoms with E-state index in [0.717, 1.165) is 45.4 Å². The Morgan fingerprint density at radius 2 is 1.79 bits per heavy atom. The lowest BCUT2D eigenvalue weighted by Gasteiger charge is -2.48. The number of hydrogen-bond donors (Lipinski definition) is 0. The van der Waals surface area contributed by atoms with Crippen molar-refractivity contribution in [2.75, 3.05) is 13.2 Å². The lowest BCUT2D eigenvalue weighted by Crippen LogP contribution is -2.57. The Morgan fingerprint density at radius 3 is 2.46 bits per heavy atom. The van der Waals surface area contributed by atoms with Crippen LogP contribution in [0.3, 0.4) is 0 Å². The monoisotopic (exact) mass is 329 g/mol. The second kappa shape index (κ2) is 8.77. The Kier molecular flexibility index (Phi) is 6.44. The zero-order valence-corrected chi connectivity index (χ0v) is 15.0. The highest BCUT2D eigenvalue weighted by atomic mass is 16.5. The largest absolute Gasteiger partial charge is 0.378 e. The van der Waals surface area contributed by atoms with E-state index >= 15 is 0 Å². The summed E-state index contributed by atoms with van der Waals surface area (Å²) in [7, 11) is 0. The lowest BCUT2D eigenvalue weighted by atomic mass is 9.81. The molecule has 2 aliphatic rings. The van der Waals surface area contributed by atoms with Gasteiger partial charge in [-0.1, -0.05) is 56.5 Å². The highest BCUT2D eigenvalue weighted by Crippen LogP contribution is 2.34. The maximum Gasteiger partial charge on any atom is 0.136 e. The van der Waals surface area contributed by atoms with Gasteiger partial charge in [-0.05, 0) is 24.8 Å². The van der Waals surface area contributed by atoms with E-state index in [-0.39, 0.29) is 5.92 Å². The van der Waals surface area contributed by atoms with E-state index in [9.17, 15) is 4.79 Å². The number of fused-ring (bicyclic) bond motifs is 2. The molecule has 0 aromatic heterocycles. The van der Waals surface area contributed by atoms with Crippen molar-refractivity contribution in [3.8, 4) is 0 Å². The fraction of sp³-hybridized carbons (Fsp3) is 0.667. The SMILES string of the molecule is CCCCCCC(=O)C1CC2COCC(C1)N2Cc1ccccc1. The Hall–Kier alpha value is -1.19. The Morgan fingerprint density at radius 1 is 1.08 bits per heavy atom. The number of piperidine rings is 1. The molecule has 2 unspecified atom stereocenters. The average molecular weight is 329 g/mol. The molecule has 0 saturated carbocycles. The maximum absolute atomic E-state index is 12.6. The third-order valence-corrected chi connectivity index (χ3v) is 5.61. The molecule has 2 aliphatic heterocycles. The number of ketones is 1. The molecule has 0 radical (unpaired) electrons. The van der Waals surface area contributed by atoms with Crippen LogP contribution in [0, 0.1) is 5.92 Å². The van der Waals surface area contributed by atoms with Gasteiger partial charge in [-0.25, -0.2) is 0 Å². The number of benzene rings is 1. The minimum absolute atomic E-state index is 0.262. The van der Waals surface area contributed by atoms with Crippen LogP contribution < -0.4 is 0 Å². The number of Topliss-reactive ketones (excluding diaryl/α,β-unsaturated/α-hetero) is 1. The van der Waals surface area contributed by atoms with Crippen molar-refractivity contribution in [1.82, 2.24) is 4.90 Å². The summed E-state index contributed by atoms with van der Waals surface area (Å²) in [6, 6.07) is 11.5. The number of morpholine rings is 1. The average Bonchev–Trinajstić information content (AvgIpc) is 2.59. The summed E-state index contributed by atoms with van der Waals surface area (Å²) in [4.78, 5) is 15.2. The fourth-order valence-corrected chi connectivity index (χ4v) is 4.24. The minimum Gasteiger partial charge on any atom is -0.378 e. The van der Waals surface area contributed by atoms with Crippen LogP contribution in [0.25, 0.3) is 0 Å². The quantitative estimate of drug-likeness (QED) is 0.669. The summed E-state index contributed by atoms with van der Waals surface area (Å²) in [5.41, 5.74) is 1.36. The van der Waals surface area contributed by atoms with Gasteiger partial charge in [-0.3, -0.25) is 9.69 Å². The van der Waals surface area contributed by atoms with Gasteiger partial charge in [0.1, 0.15) is 5.78 Å². The van der Waals surface area contributed by atoms with Gasteiger partial charge in [0.15, 0.2) is 0 Å². The lowest BCUT2D eigenvalue weighted by molar-refractivity contribution is -0.133. The Bertz CT molecular complexity index is 502. The molecule has 2 saturated heterocycles. The summed E-state index contributed by atoms with van der Waals surface area (Å²) >= 11 is 0. The molecular formula is C21H31NO2. The van der Waals surface area contributed by atoms with Gasteiger partial charge in [0.2, 0.25) is 0 Å². The predicted molar refractivity (Wildman–Crippen MR) is 96.9 cm³/mol. The molecule has 2 heterocycles. The molecule has 0 N–H and O–H groups in total. The number of ether oxygens (including phenoxy) is 1. The third kappa shape index (κ3) is 4.46. The smallest absolute Gasteiger partial charge is 0.136 e. The minimum atomic E-state index is 0.262. The van der Waals surface area contributed by atoms with Crippen molar-refractivity contribution in [3.63, 3.8) is 0 Å². The molecule has 3 heteroatoms. The number of carbonyl (C=O) groups excluding carboxylic acids is 1. The van der Waals surface area contributed by atoms with Crippen LogP contribution in [0.15, 0.2) is 30.3 Å². The molecule has 0 amide bonds. The number of carbonyl (C=O) groups is 1. The van der Waals surface area contributed by atoms with Gasteiger partial charge >= 0.3 is 0 Å². The van der Waals surface area contributed by atoms with Crippen molar-refractivity contribution >= 4 is 5.78 Å². The van der Waals surface area contributed by atoms with E-state index < -0.39 is 0 Å². The van der Waals surface area contributed by atoms with Crippen molar-refractivity contribution in [2.24, 2.45) is 5.92 Å². The summed E-state index contributed by atoms with van der Waals surface area (Å²) in [6.45, 7) is 4.76. The summed E-state index contributed by atoms with van der Waals surface area (Å²) < 4.78 is 5.79. The van der Waals surface area contributed by atoms with Gasteiger partial charge < -0.3 is 4.74 Å². The van der Waals surface area contributed by atoms with Crippen LogP contribution in [0.5, 0.6) is 0 Å². The maximum atomic E-state index is 12.6. The Labute approximate surface area is 146 Å². The second-order valence-electron chi connectivity index (χ2n) is 7.45. The van der Waals surface area contributed by atoms with E-state index in [1.807, 2.05) is 0 Å². The molecule has 3 nitrogen and oxygen atoms in total. The van der Waals surface area contributed by atoms with Crippen LogP contribution in [0.2, 0.25) is 0 Å². The summed E-state index contributed by atoms with van der Waals surface area (Å²) in [6.07, 6.45) is 7.50. The van der Waals surface area contributed by atoms with Crippen LogP contribution in [0.4, 0.5) is 0 Å². The zero-order chi connectivity index (χ0) is 16.8. The van der Waals surface area contributed by atoms with E-state index in [4.69, 9.17) is 4.74 Å². The molecule has 3 rings (SSSR count). The first-order chi connectivity index (χ1) is 11.8. The highest BCUT2D eigenvalue weighted by Gasteiger charge is 2.40. The van der Waals surface area contributed by atoms with Crippen molar-refractivity contribution in [2.45, 2.75) is 70.5 Å². The first-order valence-electron chi connectivity index (χ1n) is 9.68. The summed E-state index contributed by atoms with van der Waals surface area (Å²) in [5.74, 6) is 0.764. The molecule has 1 aromatic rings. The van der Waals surface area contributed by atoms with Crippen LogP contribution >= 0.6 is 0 Å². The summed E-state index contributed by atoms with van der Waals surface area (Å²) in [5, 5.41) is 0. The molecule has 24 heavy (non-hydrogen) atoms. The molecule has 132 valence electrons. The standard InChI is InChI=1S/C21H31NO2/c1-2-3-4-8-11-21(23)18-12-19-15-24-16-20(13-18)22(19)14-17-9-6-5-7-10-17/h5-7,9-10,18-20H,2-4,8,11-16H2,1H3. The van der Waals surface area contributed by atoms with E-state index in [1.165, 1.54) is 24.8 Å². The van der Waals surface area contributed by atoms with Gasteiger partial charge in [0.05, 0.1) is 13.2 Å². The van der Waals surface area contributed by atoms with Crippen molar-refractivity contribution in [1.29, 1.82) is 0 Å². The van der Waals surface area contributed by atoms with Gasteiger partial charge in [0, 0.05) is 31.0 Å². The van der Waals surface area contributed by atoms with Gasteiger partial charge in [-0.15, -0.1) is 0 Å². The third-order valence-electron chi connectivity index (χ3n) is 5.61. The zero-order valence-electron chi connectivity index (χ0n) is 15.0. The highest BCUT2D eigenvalue weighted by molar-refractivity contribution is 5.81. The molecule has 2 fully saturated rings. The second-order valence-corrected chi connectivity index (χ2v) is 7.45. The molecule has 0 spiro atoms. The topological polar surface area (TPSA) is 29.5 Å². The first kappa shape index (κ1) is 17.6. The molecule has 0 aliphatic carbocycles. The number of hydrogen-bond acceptors (Lipinski definition) is 3. The molecule has 2 atom stereocenters. The number of nitrogens with zero attached hydrogens (tertiary/aromatic N) is 1. The molecule has 2 bridgehead atoms. The van der Waals surface area contributed by atoms with Gasteiger partial charge in [-0.2, -0.15) is 0 Å². The van der Waals surface area contributed by atoms with E-state index in [2.05, 4.69) is 42.2 Å². The van der Waals surface area contributed by atoms with Crippen LogP contribution in [0.1, 0.15) is 57.4 Å². The van der Waals surface area contributed by atoms with Gasteiger partial charge in [0.25, 0.3) is 0 Å². The van der Waals surface area contributed by atoms with Crippen LogP contribution in [-0.4, -0.2) is 36.0 Å². The molecular weight excluding hydrogens is 298 g/mol. The number of unbranched alkanes of at least 4 members (excludes halogenated alkanes) is 3. The first-order valence-corrected chi connectivity index (χ1v) is 9.68. The van der Waals surface area contributed by atoms with Crippen LogP contribution in [-0.2, 0) is 16.1 Å².